The predicted octanol–water partition coefficient (Wildman–Crippen LogP) is 3.24. The summed E-state index contributed by atoms with van der Waals surface area (Å²) in [4.78, 5) is 24.6. The maximum atomic E-state index is 12.5. The fourth-order valence-corrected chi connectivity index (χ4v) is 3.68. The van der Waals surface area contributed by atoms with Gasteiger partial charge in [-0.25, -0.2) is 8.42 Å². The Labute approximate surface area is 175 Å². The van der Waals surface area contributed by atoms with Crippen LogP contribution in [0.3, 0.4) is 0 Å². The second-order valence-corrected chi connectivity index (χ2v) is 8.23. The predicted molar refractivity (Wildman–Crippen MR) is 116 cm³/mol. The fraction of sp³-hybridized carbons (Fsp3) is 0.0909. The van der Waals surface area contributed by atoms with Crippen molar-refractivity contribution in [3.8, 4) is 0 Å². The zero-order valence-electron chi connectivity index (χ0n) is 16.2. The van der Waals surface area contributed by atoms with Crippen molar-refractivity contribution in [2.45, 2.75) is 17.9 Å². The van der Waals surface area contributed by atoms with Crippen molar-refractivity contribution in [2.24, 2.45) is 0 Å². The van der Waals surface area contributed by atoms with Crippen LogP contribution < -0.4 is 15.4 Å². The molecular formula is C22H21N3O4S. The van der Waals surface area contributed by atoms with Crippen LogP contribution >= 0.6 is 0 Å². The van der Waals surface area contributed by atoms with Gasteiger partial charge in [0.05, 0.1) is 4.90 Å². The number of anilines is 2. The molecule has 0 aliphatic heterocycles. The van der Waals surface area contributed by atoms with Gasteiger partial charge in [-0.15, -0.1) is 0 Å². The molecule has 3 rings (SSSR count). The van der Waals surface area contributed by atoms with E-state index in [-0.39, 0.29) is 10.8 Å². The Kier molecular flexibility index (Phi) is 6.48. The second-order valence-electron chi connectivity index (χ2n) is 6.55. The number of carbonyl (C=O) groups excluding carboxylic acids is 2. The van der Waals surface area contributed by atoms with E-state index in [4.69, 9.17) is 0 Å². The first-order valence-corrected chi connectivity index (χ1v) is 10.7. The summed E-state index contributed by atoms with van der Waals surface area (Å²) < 4.78 is 27.4. The molecule has 7 nitrogen and oxygen atoms in total. The molecule has 0 aliphatic rings. The van der Waals surface area contributed by atoms with Crippen LogP contribution in [-0.2, 0) is 14.8 Å². The van der Waals surface area contributed by atoms with E-state index in [0.717, 1.165) is 0 Å². The summed E-state index contributed by atoms with van der Waals surface area (Å²) in [5, 5.41) is 5.28. The van der Waals surface area contributed by atoms with Crippen LogP contribution in [0.4, 0.5) is 11.4 Å². The average molecular weight is 423 g/mol. The largest absolute Gasteiger partial charge is 0.341 e. The number of rotatable bonds is 7. The summed E-state index contributed by atoms with van der Waals surface area (Å²) in [5.41, 5.74) is 1.33. The van der Waals surface area contributed by atoms with Gasteiger partial charge in [0.2, 0.25) is 5.91 Å². The molecule has 3 N–H and O–H groups in total. The third-order valence-electron chi connectivity index (χ3n) is 4.24. The monoisotopic (exact) mass is 423 g/mol. The highest BCUT2D eigenvalue weighted by Gasteiger charge is 2.18. The van der Waals surface area contributed by atoms with E-state index in [1.165, 1.54) is 24.3 Å². The Morgan fingerprint density at radius 2 is 1.33 bits per heavy atom. The van der Waals surface area contributed by atoms with Crippen LogP contribution in [0.25, 0.3) is 0 Å². The van der Waals surface area contributed by atoms with Crippen molar-refractivity contribution < 1.29 is 18.0 Å². The zero-order chi connectivity index (χ0) is 21.6. The molecule has 0 saturated carbocycles. The normalized spacial score (nSPS) is 11.9. The SMILES string of the molecule is CC(NC(=O)c1ccccc1)C(=O)Nc1ccc(S(=O)(=O)Nc2ccccc2)cc1. The van der Waals surface area contributed by atoms with E-state index >= 15 is 0 Å². The molecule has 0 radical (unpaired) electrons. The first-order chi connectivity index (χ1) is 14.3. The molecule has 8 heteroatoms. The molecule has 0 saturated heterocycles. The topological polar surface area (TPSA) is 104 Å². The Hall–Kier alpha value is -3.65. The van der Waals surface area contributed by atoms with Crippen molar-refractivity contribution in [3.05, 3.63) is 90.5 Å². The standard InChI is InChI=1S/C22H21N3O4S/c1-16(23-22(27)17-8-4-2-5-9-17)21(26)24-18-12-14-20(15-13-18)30(28,29)25-19-10-6-3-7-11-19/h2-16,25H,1H3,(H,23,27)(H,24,26). The van der Waals surface area contributed by atoms with Gasteiger partial charge >= 0.3 is 0 Å². The molecule has 0 bridgehead atoms. The van der Waals surface area contributed by atoms with E-state index in [1.807, 2.05) is 0 Å². The lowest BCUT2D eigenvalue weighted by molar-refractivity contribution is -0.117. The van der Waals surface area contributed by atoms with Crippen molar-refractivity contribution in [1.29, 1.82) is 0 Å². The lowest BCUT2D eigenvalue weighted by Crippen LogP contribution is -2.41. The quantitative estimate of drug-likeness (QED) is 0.543. The van der Waals surface area contributed by atoms with Gasteiger partial charge in [0, 0.05) is 16.9 Å². The van der Waals surface area contributed by atoms with Gasteiger partial charge in [-0.3, -0.25) is 14.3 Å². The highest BCUT2D eigenvalue weighted by Crippen LogP contribution is 2.18. The Morgan fingerprint density at radius 3 is 1.93 bits per heavy atom. The third-order valence-corrected chi connectivity index (χ3v) is 5.63. The molecule has 154 valence electrons. The van der Waals surface area contributed by atoms with Crippen molar-refractivity contribution in [2.75, 3.05) is 10.0 Å². The molecule has 30 heavy (non-hydrogen) atoms. The number of para-hydroxylation sites is 1. The fourth-order valence-electron chi connectivity index (χ4n) is 2.62. The van der Waals surface area contributed by atoms with Crippen molar-refractivity contribution in [3.63, 3.8) is 0 Å². The van der Waals surface area contributed by atoms with Crippen LogP contribution in [0.2, 0.25) is 0 Å². The Morgan fingerprint density at radius 1 is 0.767 bits per heavy atom. The third kappa shape index (κ3) is 5.45. The number of hydrogen-bond donors (Lipinski definition) is 3. The Bertz CT molecular complexity index is 1120. The van der Waals surface area contributed by atoms with Gasteiger partial charge in [0.25, 0.3) is 15.9 Å². The lowest BCUT2D eigenvalue weighted by Gasteiger charge is -2.14. The molecule has 0 fully saturated rings. The summed E-state index contributed by atoms with van der Waals surface area (Å²) in [6.45, 7) is 1.57. The molecule has 1 unspecified atom stereocenters. The van der Waals surface area contributed by atoms with Gasteiger partial charge in [0.15, 0.2) is 0 Å². The van der Waals surface area contributed by atoms with E-state index in [2.05, 4.69) is 15.4 Å². The minimum Gasteiger partial charge on any atom is -0.341 e. The number of hydrogen-bond acceptors (Lipinski definition) is 4. The zero-order valence-corrected chi connectivity index (χ0v) is 17.0. The van der Waals surface area contributed by atoms with E-state index in [0.29, 0.717) is 16.9 Å². The number of amides is 2. The summed E-state index contributed by atoms with van der Waals surface area (Å²) in [5.74, 6) is -0.774. The molecule has 0 aromatic heterocycles. The summed E-state index contributed by atoms with van der Waals surface area (Å²) in [6, 6.07) is 22.1. The number of carbonyl (C=O) groups is 2. The average Bonchev–Trinajstić information content (AvgIpc) is 2.75. The van der Waals surface area contributed by atoms with Gasteiger partial charge in [-0.1, -0.05) is 36.4 Å². The lowest BCUT2D eigenvalue weighted by atomic mass is 10.2. The minimum atomic E-state index is -3.74. The summed E-state index contributed by atoms with van der Waals surface area (Å²) in [6.07, 6.45) is 0. The van der Waals surface area contributed by atoms with E-state index in [9.17, 15) is 18.0 Å². The second kappa shape index (κ2) is 9.23. The van der Waals surface area contributed by atoms with Gasteiger partial charge < -0.3 is 10.6 Å². The number of nitrogens with one attached hydrogen (secondary N) is 3. The molecule has 3 aromatic rings. The van der Waals surface area contributed by atoms with Crippen LogP contribution in [0, 0.1) is 0 Å². The molecule has 2 amide bonds. The first kappa shape index (κ1) is 21.1. The number of sulfonamides is 1. The van der Waals surface area contributed by atoms with Crippen LogP contribution in [0.1, 0.15) is 17.3 Å². The maximum Gasteiger partial charge on any atom is 0.261 e. The first-order valence-electron chi connectivity index (χ1n) is 9.20. The van der Waals surface area contributed by atoms with Crippen molar-refractivity contribution in [1.82, 2.24) is 5.32 Å². The molecule has 0 heterocycles. The van der Waals surface area contributed by atoms with Gasteiger partial charge in [-0.2, -0.15) is 0 Å². The molecule has 0 spiro atoms. The van der Waals surface area contributed by atoms with E-state index in [1.54, 1.807) is 67.6 Å². The van der Waals surface area contributed by atoms with E-state index < -0.39 is 22.0 Å². The smallest absolute Gasteiger partial charge is 0.261 e. The van der Waals surface area contributed by atoms with Crippen LogP contribution in [0.5, 0.6) is 0 Å². The minimum absolute atomic E-state index is 0.0646. The van der Waals surface area contributed by atoms with Gasteiger partial charge in [-0.05, 0) is 55.5 Å². The number of benzene rings is 3. The molecule has 3 aromatic carbocycles. The Balaban J connectivity index is 1.60. The van der Waals surface area contributed by atoms with Crippen molar-refractivity contribution >= 4 is 33.2 Å². The van der Waals surface area contributed by atoms with Gasteiger partial charge in [0.1, 0.15) is 6.04 Å². The summed E-state index contributed by atoms with van der Waals surface area (Å²) in [7, 11) is -3.74. The highest BCUT2D eigenvalue weighted by atomic mass is 32.2. The van der Waals surface area contributed by atoms with Crippen LogP contribution in [-0.4, -0.2) is 26.3 Å². The highest BCUT2D eigenvalue weighted by molar-refractivity contribution is 7.92. The molecular weight excluding hydrogens is 402 g/mol. The van der Waals surface area contributed by atoms with Crippen LogP contribution in [0.15, 0.2) is 89.8 Å². The maximum absolute atomic E-state index is 12.5. The molecule has 1 atom stereocenters. The molecule has 0 aliphatic carbocycles. The summed E-state index contributed by atoms with van der Waals surface area (Å²) >= 11 is 0.